The third-order valence-corrected chi connectivity index (χ3v) is 7.27. The molecule has 1 unspecified atom stereocenters. The van der Waals surface area contributed by atoms with Gasteiger partial charge in [0.1, 0.15) is 11.3 Å². The van der Waals surface area contributed by atoms with E-state index in [1.807, 2.05) is 79.7 Å². The summed E-state index contributed by atoms with van der Waals surface area (Å²) in [6, 6.07) is 19.0. The lowest BCUT2D eigenvalue weighted by Crippen LogP contribution is -2.57. The van der Waals surface area contributed by atoms with Crippen LogP contribution in [0.2, 0.25) is 0 Å². The zero-order valence-electron chi connectivity index (χ0n) is 21.2. The number of carbonyl (C=O) groups is 3. The molecule has 4 amide bonds. The minimum atomic E-state index is -0.949. The van der Waals surface area contributed by atoms with Crippen molar-refractivity contribution in [3.05, 3.63) is 66.2 Å². The van der Waals surface area contributed by atoms with Crippen LogP contribution >= 0.6 is 0 Å². The minimum absolute atomic E-state index is 0.0121. The van der Waals surface area contributed by atoms with Crippen LogP contribution in [0.4, 0.5) is 4.79 Å². The van der Waals surface area contributed by atoms with E-state index in [9.17, 15) is 14.4 Å². The molecule has 4 rings (SSSR count). The molecule has 1 N–H and O–H groups in total. The quantitative estimate of drug-likeness (QED) is 0.516. The van der Waals surface area contributed by atoms with Gasteiger partial charge in [-0.1, -0.05) is 48.5 Å². The fourth-order valence-corrected chi connectivity index (χ4v) is 5.16. The van der Waals surface area contributed by atoms with Crippen LogP contribution in [0.3, 0.4) is 0 Å². The lowest BCUT2D eigenvalue weighted by molar-refractivity contribution is -0.137. The molecule has 2 aliphatic rings. The SMILES string of the molecule is CN(C)CCN1C(=O)NC(CCc2ccccc2)(C2CCN(C(=O)COc3ccccc3)CC2)C1=O. The molecule has 192 valence electrons. The van der Waals surface area contributed by atoms with Crippen LogP contribution in [-0.2, 0) is 16.0 Å². The van der Waals surface area contributed by atoms with Gasteiger partial charge >= 0.3 is 6.03 Å². The van der Waals surface area contributed by atoms with Gasteiger partial charge in [-0.05, 0) is 63.4 Å². The molecule has 8 heteroatoms. The van der Waals surface area contributed by atoms with Crippen LogP contribution in [-0.4, -0.2) is 85.0 Å². The molecule has 2 heterocycles. The number of imide groups is 1. The summed E-state index contributed by atoms with van der Waals surface area (Å²) in [5.41, 5.74) is 0.186. The molecule has 2 fully saturated rings. The number of ether oxygens (including phenoxy) is 1. The second-order valence-corrected chi connectivity index (χ2v) is 9.90. The molecular weight excluding hydrogens is 456 g/mol. The van der Waals surface area contributed by atoms with Crippen LogP contribution in [0, 0.1) is 5.92 Å². The summed E-state index contributed by atoms with van der Waals surface area (Å²) in [7, 11) is 3.85. The van der Waals surface area contributed by atoms with E-state index in [4.69, 9.17) is 4.74 Å². The molecule has 2 aromatic rings. The maximum atomic E-state index is 13.8. The van der Waals surface area contributed by atoms with Crippen molar-refractivity contribution in [3.8, 4) is 5.75 Å². The van der Waals surface area contributed by atoms with E-state index in [0.717, 1.165) is 5.56 Å². The third kappa shape index (κ3) is 5.87. The van der Waals surface area contributed by atoms with E-state index >= 15 is 0 Å². The summed E-state index contributed by atoms with van der Waals surface area (Å²) >= 11 is 0. The van der Waals surface area contributed by atoms with Crippen LogP contribution in [0.5, 0.6) is 5.75 Å². The van der Waals surface area contributed by atoms with Crippen molar-refractivity contribution in [3.63, 3.8) is 0 Å². The Bertz CT molecular complexity index is 1040. The highest BCUT2D eigenvalue weighted by Crippen LogP contribution is 2.37. The topological polar surface area (TPSA) is 82.2 Å². The van der Waals surface area contributed by atoms with Crippen molar-refractivity contribution in [1.29, 1.82) is 0 Å². The molecule has 2 aromatic carbocycles. The number of hydrogen-bond donors (Lipinski definition) is 1. The van der Waals surface area contributed by atoms with Crippen molar-refractivity contribution >= 4 is 17.8 Å². The zero-order valence-corrected chi connectivity index (χ0v) is 21.2. The van der Waals surface area contributed by atoms with Crippen molar-refractivity contribution < 1.29 is 19.1 Å². The molecule has 0 radical (unpaired) electrons. The molecule has 1 atom stereocenters. The van der Waals surface area contributed by atoms with Crippen molar-refractivity contribution in [1.82, 2.24) is 20.0 Å². The summed E-state index contributed by atoms with van der Waals surface area (Å²) < 4.78 is 5.63. The normalized spacial score (nSPS) is 20.6. The number of amides is 4. The van der Waals surface area contributed by atoms with Crippen molar-refractivity contribution in [2.24, 2.45) is 5.92 Å². The highest BCUT2D eigenvalue weighted by atomic mass is 16.5. The lowest BCUT2D eigenvalue weighted by Gasteiger charge is -2.41. The van der Waals surface area contributed by atoms with E-state index in [-0.39, 0.29) is 30.4 Å². The van der Waals surface area contributed by atoms with Gasteiger partial charge in [0.15, 0.2) is 6.61 Å². The second-order valence-electron chi connectivity index (χ2n) is 9.90. The predicted octanol–water partition coefficient (Wildman–Crippen LogP) is 2.79. The molecule has 36 heavy (non-hydrogen) atoms. The Hall–Kier alpha value is -3.39. The number of rotatable bonds is 10. The molecule has 2 saturated heterocycles. The Morgan fingerprint density at radius 2 is 1.67 bits per heavy atom. The number of aryl methyl sites for hydroxylation is 1. The van der Waals surface area contributed by atoms with Gasteiger partial charge in [0.05, 0.1) is 0 Å². The number of nitrogens with one attached hydrogen (secondary N) is 1. The number of likely N-dealkylation sites (N-methyl/N-ethyl adjacent to an activating group) is 1. The van der Waals surface area contributed by atoms with Gasteiger partial charge in [0.25, 0.3) is 11.8 Å². The fraction of sp³-hybridized carbons (Fsp3) is 0.464. The van der Waals surface area contributed by atoms with Crippen LogP contribution in [0.25, 0.3) is 0 Å². The van der Waals surface area contributed by atoms with Gasteiger partial charge in [-0.3, -0.25) is 14.5 Å². The van der Waals surface area contributed by atoms with Gasteiger partial charge in [0, 0.05) is 26.2 Å². The van der Waals surface area contributed by atoms with Gasteiger partial charge in [-0.25, -0.2) is 4.79 Å². The third-order valence-electron chi connectivity index (χ3n) is 7.27. The lowest BCUT2D eigenvalue weighted by atomic mass is 9.74. The number of piperidine rings is 1. The molecule has 0 aliphatic carbocycles. The molecule has 2 aliphatic heterocycles. The Balaban J connectivity index is 1.43. The summed E-state index contributed by atoms with van der Waals surface area (Å²) in [6.07, 6.45) is 2.53. The summed E-state index contributed by atoms with van der Waals surface area (Å²) in [5, 5.41) is 3.11. The first-order chi connectivity index (χ1) is 17.4. The number of nitrogens with zero attached hydrogens (tertiary/aromatic N) is 3. The number of para-hydroxylation sites is 1. The average Bonchev–Trinajstić information content (AvgIpc) is 3.15. The summed E-state index contributed by atoms with van der Waals surface area (Å²) in [4.78, 5) is 44.6. The number of urea groups is 1. The van der Waals surface area contributed by atoms with Crippen LogP contribution < -0.4 is 10.1 Å². The highest BCUT2D eigenvalue weighted by molar-refractivity contribution is 6.07. The van der Waals surface area contributed by atoms with E-state index in [1.54, 1.807) is 4.90 Å². The van der Waals surface area contributed by atoms with Crippen molar-refractivity contribution in [2.75, 3.05) is 46.9 Å². The first-order valence-corrected chi connectivity index (χ1v) is 12.7. The van der Waals surface area contributed by atoms with E-state index in [1.165, 1.54) is 4.90 Å². The van der Waals surface area contributed by atoms with E-state index < -0.39 is 5.54 Å². The molecule has 0 bridgehead atoms. The van der Waals surface area contributed by atoms with Gasteiger partial charge in [-0.2, -0.15) is 0 Å². The monoisotopic (exact) mass is 492 g/mol. The number of carbonyl (C=O) groups excluding carboxylic acids is 3. The smallest absolute Gasteiger partial charge is 0.325 e. The van der Waals surface area contributed by atoms with Gasteiger partial charge in [0.2, 0.25) is 0 Å². The molecule has 8 nitrogen and oxygen atoms in total. The number of likely N-dealkylation sites (tertiary alicyclic amines) is 1. The van der Waals surface area contributed by atoms with E-state index in [0.29, 0.717) is 57.6 Å². The van der Waals surface area contributed by atoms with Gasteiger partial charge in [-0.15, -0.1) is 0 Å². The maximum Gasteiger partial charge on any atom is 0.325 e. The van der Waals surface area contributed by atoms with Crippen LogP contribution in [0.15, 0.2) is 60.7 Å². The average molecular weight is 493 g/mol. The Labute approximate surface area is 213 Å². The Morgan fingerprint density at radius 1 is 1.03 bits per heavy atom. The van der Waals surface area contributed by atoms with Crippen molar-refractivity contribution in [2.45, 2.75) is 31.2 Å². The number of hydrogen-bond acceptors (Lipinski definition) is 5. The minimum Gasteiger partial charge on any atom is -0.484 e. The molecule has 0 spiro atoms. The van der Waals surface area contributed by atoms with Crippen LogP contribution in [0.1, 0.15) is 24.8 Å². The Kier molecular flexibility index (Phi) is 8.25. The zero-order chi connectivity index (χ0) is 25.5. The maximum absolute atomic E-state index is 13.8. The first-order valence-electron chi connectivity index (χ1n) is 12.7. The van der Waals surface area contributed by atoms with E-state index in [2.05, 4.69) is 5.32 Å². The standard InChI is InChI=1S/C28H36N4O4/c1-30(2)19-20-32-26(34)28(29-27(32)35,16-13-22-9-5-3-6-10-22)23-14-17-31(18-15-23)25(33)21-36-24-11-7-4-8-12-24/h3-12,23H,13-21H2,1-2H3,(H,29,35). The second kappa shape index (κ2) is 11.6. The number of benzene rings is 2. The van der Waals surface area contributed by atoms with Gasteiger partial charge < -0.3 is 19.9 Å². The predicted molar refractivity (Wildman–Crippen MR) is 138 cm³/mol. The summed E-state index contributed by atoms with van der Waals surface area (Å²) in [5.74, 6) is 0.422. The molecule has 0 saturated carbocycles. The highest BCUT2D eigenvalue weighted by Gasteiger charge is 2.55. The Morgan fingerprint density at radius 3 is 2.31 bits per heavy atom. The molecule has 0 aromatic heterocycles. The largest absolute Gasteiger partial charge is 0.484 e. The first kappa shape index (κ1) is 25.7. The molecular formula is C28H36N4O4. The summed E-state index contributed by atoms with van der Waals surface area (Å²) in [6.45, 7) is 2.04. The fourth-order valence-electron chi connectivity index (χ4n) is 5.16.